The third-order valence-corrected chi connectivity index (χ3v) is 19.6. The van der Waals surface area contributed by atoms with Gasteiger partial charge in [-0.15, -0.1) is 0 Å². The van der Waals surface area contributed by atoms with Crippen molar-refractivity contribution >= 4 is 0 Å². The molecule has 53 heavy (non-hydrogen) atoms. The van der Waals surface area contributed by atoms with Gasteiger partial charge in [-0.2, -0.15) is 0 Å². The summed E-state index contributed by atoms with van der Waals surface area (Å²) in [6.45, 7) is 18.7. The van der Waals surface area contributed by atoms with Crippen LogP contribution >= 0.6 is 0 Å². The summed E-state index contributed by atoms with van der Waals surface area (Å²) in [5.41, 5.74) is 4.11. The average Bonchev–Trinajstić information content (AvgIpc) is 3.19. The summed E-state index contributed by atoms with van der Waals surface area (Å²) >= 11 is 0. The Morgan fingerprint density at radius 1 is 0.453 bits per heavy atom. The molecule has 0 heterocycles. The SMILES string of the molecule is CCCC(C)C(C)C1C2=C(CCCC2)C(C(C)CCC(C)C2C3CCCCC3C(C(C)CC(CC)C3CCCCC3)C3CCCCC32)C2CCCCC21. The van der Waals surface area contributed by atoms with E-state index in [-0.39, 0.29) is 0 Å². The predicted molar refractivity (Wildman–Crippen MR) is 231 cm³/mol. The normalized spacial score (nSPS) is 40.1. The lowest BCUT2D eigenvalue weighted by atomic mass is 9.46. The van der Waals surface area contributed by atoms with Crippen LogP contribution in [0, 0.1) is 101 Å². The molecular formula is C53H92. The summed E-state index contributed by atoms with van der Waals surface area (Å²) < 4.78 is 0. The van der Waals surface area contributed by atoms with Gasteiger partial charge < -0.3 is 0 Å². The number of allylic oxidation sites excluding steroid dienone is 2. The smallest absolute Gasteiger partial charge is 0.0141 e. The van der Waals surface area contributed by atoms with Gasteiger partial charge in [0.2, 0.25) is 0 Å². The maximum atomic E-state index is 2.82. The number of fused-ring (bicyclic) bond motifs is 3. The Morgan fingerprint density at radius 3 is 1.43 bits per heavy atom. The third kappa shape index (κ3) is 8.64. The highest BCUT2D eigenvalue weighted by Gasteiger charge is 2.54. The molecule has 0 aromatic heterocycles. The van der Waals surface area contributed by atoms with Crippen LogP contribution in [0.4, 0.5) is 0 Å². The number of hydrogen-bond donors (Lipinski definition) is 0. The summed E-state index contributed by atoms with van der Waals surface area (Å²) in [6, 6.07) is 0. The molecule has 0 heteroatoms. The van der Waals surface area contributed by atoms with Crippen LogP contribution in [0.25, 0.3) is 0 Å². The average molecular weight is 729 g/mol. The Balaban J connectivity index is 1.08. The second kappa shape index (κ2) is 19.0. The Bertz CT molecular complexity index is 1110. The minimum absolute atomic E-state index is 0.879. The number of hydrogen-bond acceptors (Lipinski definition) is 0. The van der Waals surface area contributed by atoms with E-state index in [0.717, 1.165) is 101 Å². The summed E-state index contributed by atoms with van der Waals surface area (Å²) in [5.74, 6) is 16.7. The van der Waals surface area contributed by atoms with Gasteiger partial charge in [-0.3, -0.25) is 0 Å². The van der Waals surface area contributed by atoms with E-state index in [1.807, 2.05) is 0 Å². The Labute approximate surface area is 332 Å². The van der Waals surface area contributed by atoms with Crippen molar-refractivity contribution in [3.63, 3.8) is 0 Å². The van der Waals surface area contributed by atoms with Crippen LogP contribution < -0.4 is 0 Å². The summed E-state index contributed by atoms with van der Waals surface area (Å²) in [4.78, 5) is 0. The van der Waals surface area contributed by atoms with Gasteiger partial charge in [0.15, 0.2) is 0 Å². The van der Waals surface area contributed by atoms with Crippen LogP contribution in [0.1, 0.15) is 222 Å². The molecule has 0 aliphatic heterocycles. The van der Waals surface area contributed by atoms with Crippen LogP contribution in [0.15, 0.2) is 11.1 Å². The largest absolute Gasteiger partial charge is 0.0671 e. The van der Waals surface area contributed by atoms with Crippen molar-refractivity contribution < 1.29 is 0 Å². The minimum Gasteiger partial charge on any atom is -0.0671 e. The molecular weight excluding hydrogens is 637 g/mol. The van der Waals surface area contributed by atoms with Gasteiger partial charge in [-0.25, -0.2) is 0 Å². The molecule has 0 nitrogen and oxygen atoms in total. The lowest BCUT2D eigenvalue weighted by Gasteiger charge is -2.59. The van der Waals surface area contributed by atoms with E-state index in [4.69, 9.17) is 0 Å². The topological polar surface area (TPSA) is 0 Å². The van der Waals surface area contributed by atoms with Crippen molar-refractivity contribution in [2.45, 2.75) is 222 Å². The highest BCUT2D eigenvalue weighted by molar-refractivity contribution is 5.29. The molecule has 0 aromatic carbocycles. The van der Waals surface area contributed by atoms with E-state index < -0.39 is 0 Å². The molecule has 304 valence electrons. The van der Waals surface area contributed by atoms with Crippen molar-refractivity contribution in [2.75, 3.05) is 0 Å². The van der Waals surface area contributed by atoms with Crippen molar-refractivity contribution in [1.29, 1.82) is 0 Å². The van der Waals surface area contributed by atoms with Gasteiger partial charge in [0.05, 0.1) is 0 Å². The summed E-state index contributed by atoms with van der Waals surface area (Å²) in [5, 5.41) is 0. The van der Waals surface area contributed by atoms with Gasteiger partial charge in [0.1, 0.15) is 0 Å². The molecule has 0 spiro atoms. The van der Waals surface area contributed by atoms with Crippen molar-refractivity contribution in [3.8, 4) is 0 Å². The van der Waals surface area contributed by atoms with E-state index in [1.165, 1.54) is 116 Å². The van der Waals surface area contributed by atoms with E-state index >= 15 is 0 Å². The van der Waals surface area contributed by atoms with Gasteiger partial charge >= 0.3 is 0 Å². The molecule has 7 aliphatic rings. The number of rotatable bonds is 14. The molecule has 0 amide bonds. The summed E-state index contributed by atoms with van der Waals surface area (Å²) in [7, 11) is 0. The van der Waals surface area contributed by atoms with E-state index in [0.29, 0.717) is 0 Å². The Kier molecular flexibility index (Phi) is 14.7. The van der Waals surface area contributed by atoms with Gasteiger partial charge in [-0.1, -0.05) is 156 Å². The molecule has 5 fully saturated rings. The fraction of sp³-hybridized carbons (Fsp3) is 0.962. The predicted octanol–water partition coefficient (Wildman–Crippen LogP) is 16.5. The summed E-state index contributed by atoms with van der Waals surface area (Å²) in [6.07, 6.45) is 41.0. The van der Waals surface area contributed by atoms with Crippen molar-refractivity contribution in [2.24, 2.45) is 101 Å². The maximum absolute atomic E-state index is 2.82. The molecule has 0 saturated heterocycles. The van der Waals surface area contributed by atoms with E-state index in [2.05, 4.69) is 59.6 Å². The van der Waals surface area contributed by atoms with Gasteiger partial charge in [0, 0.05) is 0 Å². The van der Waals surface area contributed by atoms with Gasteiger partial charge in [-0.05, 0) is 178 Å². The highest BCUT2D eigenvalue weighted by Crippen LogP contribution is 2.62. The highest BCUT2D eigenvalue weighted by atomic mass is 14.6. The molecule has 14 atom stereocenters. The zero-order valence-corrected chi connectivity index (χ0v) is 36.9. The van der Waals surface area contributed by atoms with Gasteiger partial charge in [0.25, 0.3) is 0 Å². The van der Waals surface area contributed by atoms with E-state index in [1.54, 1.807) is 57.8 Å². The Hall–Kier alpha value is -0.260. The first-order chi connectivity index (χ1) is 25.8. The first kappa shape index (κ1) is 40.9. The zero-order chi connectivity index (χ0) is 37.1. The second-order valence-corrected chi connectivity index (χ2v) is 22.2. The fourth-order valence-electron chi connectivity index (χ4n) is 17.3. The van der Waals surface area contributed by atoms with Crippen LogP contribution in [0.3, 0.4) is 0 Å². The monoisotopic (exact) mass is 729 g/mol. The fourth-order valence-corrected chi connectivity index (χ4v) is 17.3. The maximum Gasteiger partial charge on any atom is -0.0141 e. The molecule has 0 N–H and O–H groups in total. The Morgan fingerprint density at radius 2 is 0.906 bits per heavy atom. The minimum atomic E-state index is 0.879. The molecule has 0 radical (unpaired) electrons. The van der Waals surface area contributed by atoms with E-state index in [9.17, 15) is 0 Å². The quantitative estimate of drug-likeness (QED) is 0.156. The van der Waals surface area contributed by atoms with Crippen LogP contribution in [0.5, 0.6) is 0 Å². The molecule has 7 rings (SSSR count). The molecule has 14 unspecified atom stereocenters. The van der Waals surface area contributed by atoms with Crippen LogP contribution in [0.2, 0.25) is 0 Å². The zero-order valence-electron chi connectivity index (χ0n) is 36.9. The first-order valence-electron chi connectivity index (χ1n) is 25.6. The molecule has 0 aromatic rings. The lowest BCUT2D eigenvalue weighted by Crippen LogP contribution is -2.52. The van der Waals surface area contributed by atoms with Crippen LogP contribution in [-0.4, -0.2) is 0 Å². The third-order valence-electron chi connectivity index (χ3n) is 19.6. The lowest BCUT2D eigenvalue weighted by molar-refractivity contribution is -0.103. The molecule has 7 aliphatic carbocycles. The van der Waals surface area contributed by atoms with Crippen molar-refractivity contribution in [1.82, 2.24) is 0 Å². The standard InChI is InChI=1S/C53H92/c1-8-21-35(3)39(7)53-48-30-19-17-28-46(48)51(47-29-18-20-31-49(47)53)37(5)33-32-36(4)50-42-24-13-15-26-44(42)52(45-27-16-14-25-43(45)50)38(6)34-40(9-2)41-22-11-10-12-23-41/h35-46,48,50-53H,8-34H2,1-7H3. The first-order valence-corrected chi connectivity index (χ1v) is 25.6. The van der Waals surface area contributed by atoms with Crippen LogP contribution in [-0.2, 0) is 0 Å². The second-order valence-electron chi connectivity index (χ2n) is 22.2. The van der Waals surface area contributed by atoms with Crippen molar-refractivity contribution in [3.05, 3.63) is 11.1 Å². The molecule has 0 bridgehead atoms. The molecule has 5 saturated carbocycles.